The number of amides is 1. The van der Waals surface area contributed by atoms with E-state index >= 15 is 0 Å². The lowest BCUT2D eigenvalue weighted by molar-refractivity contribution is -0.132. The zero-order chi connectivity index (χ0) is 17.1. The van der Waals surface area contributed by atoms with E-state index in [9.17, 15) is 4.79 Å². The Morgan fingerprint density at radius 1 is 1.42 bits per heavy atom. The zero-order valence-corrected chi connectivity index (χ0v) is 14.9. The molecule has 3 rings (SSSR count). The third kappa shape index (κ3) is 3.37. The maximum atomic E-state index is 12.6. The summed E-state index contributed by atoms with van der Waals surface area (Å²) in [5, 5.41) is 7.29. The molecule has 1 amide bonds. The highest BCUT2D eigenvalue weighted by atomic mass is 16.2. The maximum absolute atomic E-state index is 12.6. The fourth-order valence-electron chi connectivity index (χ4n) is 3.52. The second kappa shape index (κ2) is 7.20. The van der Waals surface area contributed by atoms with Crippen LogP contribution in [0, 0.1) is 13.8 Å². The van der Waals surface area contributed by atoms with Gasteiger partial charge in [0, 0.05) is 56.5 Å². The molecule has 1 N–H and O–H groups in total. The lowest BCUT2D eigenvalue weighted by Gasteiger charge is -2.32. The predicted molar refractivity (Wildman–Crippen MR) is 92.8 cm³/mol. The van der Waals surface area contributed by atoms with Gasteiger partial charge in [-0.3, -0.25) is 9.89 Å². The molecule has 24 heavy (non-hydrogen) atoms. The molecule has 6 heteroatoms. The molecule has 2 aromatic heterocycles. The van der Waals surface area contributed by atoms with Gasteiger partial charge in [0.15, 0.2) is 0 Å². The van der Waals surface area contributed by atoms with E-state index in [-0.39, 0.29) is 5.91 Å². The first-order chi connectivity index (χ1) is 11.6. The van der Waals surface area contributed by atoms with Crippen molar-refractivity contribution in [3.05, 3.63) is 35.2 Å². The Labute approximate surface area is 143 Å². The van der Waals surface area contributed by atoms with Crippen LogP contribution in [0.15, 0.2) is 12.4 Å². The van der Waals surface area contributed by atoms with Gasteiger partial charge in [-0.1, -0.05) is 0 Å². The SMILES string of the molecule is CCn1ccnc1[C@H]1CCCN(C(=O)CCc2n[nH]c(C)c2C)C1. The van der Waals surface area contributed by atoms with Gasteiger partial charge in [-0.05, 0) is 39.2 Å². The van der Waals surface area contributed by atoms with Crippen LogP contribution < -0.4 is 0 Å². The minimum atomic E-state index is 0.231. The number of aromatic nitrogens is 4. The molecule has 1 aliphatic heterocycles. The molecule has 0 aromatic carbocycles. The molecule has 1 fully saturated rings. The molecule has 1 saturated heterocycles. The van der Waals surface area contributed by atoms with E-state index in [0.29, 0.717) is 18.8 Å². The lowest BCUT2D eigenvalue weighted by Crippen LogP contribution is -2.39. The van der Waals surface area contributed by atoms with Gasteiger partial charge in [0.05, 0.1) is 5.69 Å². The summed E-state index contributed by atoms with van der Waals surface area (Å²) >= 11 is 0. The normalized spacial score (nSPS) is 18.1. The molecule has 6 nitrogen and oxygen atoms in total. The van der Waals surface area contributed by atoms with Crippen molar-refractivity contribution in [2.75, 3.05) is 13.1 Å². The van der Waals surface area contributed by atoms with Crippen LogP contribution in [-0.4, -0.2) is 43.6 Å². The minimum Gasteiger partial charge on any atom is -0.342 e. The van der Waals surface area contributed by atoms with Gasteiger partial charge in [-0.15, -0.1) is 0 Å². The summed E-state index contributed by atoms with van der Waals surface area (Å²) in [5.41, 5.74) is 3.27. The van der Waals surface area contributed by atoms with Crippen molar-refractivity contribution < 1.29 is 4.79 Å². The van der Waals surface area contributed by atoms with Crippen LogP contribution in [0.4, 0.5) is 0 Å². The molecule has 130 valence electrons. The number of carbonyl (C=O) groups is 1. The topological polar surface area (TPSA) is 66.8 Å². The van der Waals surface area contributed by atoms with Crippen LogP contribution in [0.2, 0.25) is 0 Å². The first-order valence-corrected chi connectivity index (χ1v) is 8.89. The van der Waals surface area contributed by atoms with E-state index in [1.165, 1.54) is 5.56 Å². The van der Waals surface area contributed by atoms with Gasteiger partial charge in [0.1, 0.15) is 5.82 Å². The van der Waals surface area contributed by atoms with E-state index < -0.39 is 0 Å². The smallest absolute Gasteiger partial charge is 0.222 e. The lowest BCUT2D eigenvalue weighted by atomic mass is 9.96. The monoisotopic (exact) mass is 329 g/mol. The van der Waals surface area contributed by atoms with Gasteiger partial charge >= 0.3 is 0 Å². The van der Waals surface area contributed by atoms with Crippen molar-refractivity contribution in [3.8, 4) is 0 Å². The fourth-order valence-corrected chi connectivity index (χ4v) is 3.52. The standard InChI is InChI=1S/C18H27N5O/c1-4-22-11-9-19-18(22)15-6-5-10-23(12-15)17(24)8-7-16-13(2)14(3)20-21-16/h9,11,15H,4-8,10,12H2,1-3H3,(H,20,21)/t15-/m0/s1. The highest BCUT2D eigenvalue weighted by molar-refractivity contribution is 5.76. The largest absolute Gasteiger partial charge is 0.342 e. The zero-order valence-electron chi connectivity index (χ0n) is 14.9. The molecule has 0 bridgehead atoms. The molecule has 0 unspecified atom stereocenters. The van der Waals surface area contributed by atoms with Crippen molar-refractivity contribution >= 4 is 5.91 Å². The molecular formula is C18H27N5O. The Bertz CT molecular complexity index is 702. The number of imidazole rings is 1. The van der Waals surface area contributed by atoms with E-state index in [2.05, 4.69) is 33.6 Å². The Balaban J connectivity index is 1.60. The summed E-state index contributed by atoms with van der Waals surface area (Å²) < 4.78 is 2.19. The fraction of sp³-hybridized carbons (Fsp3) is 0.611. The average molecular weight is 329 g/mol. The Morgan fingerprint density at radius 3 is 2.96 bits per heavy atom. The molecule has 1 aliphatic rings. The quantitative estimate of drug-likeness (QED) is 0.917. The van der Waals surface area contributed by atoms with E-state index in [1.54, 1.807) is 0 Å². The number of nitrogens with zero attached hydrogens (tertiary/aromatic N) is 4. The highest BCUT2D eigenvalue weighted by Crippen LogP contribution is 2.26. The average Bonchev–Trinajstić information content (AvgIpc) is 3.20. The number of piperidine rings is 1. The van der Waals surface area contributed by atoms with Crippen LogP contribution in [0.5, 0.6) is 0 Å². The van der Waals surface area contributed by atoms with Gasteiger partial charge in [0.2, 0.25) is 5.91 Å². The molecule has 1 atom stereocenters. The third-order valence-corrected chi connectivity index (χ3v) is 5.16. The number of hydrogen-bond donors (Lipinski definition) is 1. The van der Waals surface area contributed by atoms with Crippen LogP contribution in [0.25, 0.3) is 0 Å². The number of H-pyrrole nitrogens is 1. The van der Waals surface area contributed by atoms with Crippen molar-refractivity contribution in [3.63, 3.8) is 0 Å². The molecule has 0 spiro atoms. The van der Waals surface area contributed by atoms with Gasteiger partial charge in [-0.2, -0.15) is 5.10 Å². The maximum Gasteiger partial charge on any atom is 0.222 e. The molecule has 0 aliphatic carbocycles. The number of rotatable bonds is 5. The summed E-state index contributed by atoms with van der Waals surface area (Å²) in [6, 6.07) is 0. The molecule has 2 aromatic rings. The van der Waals surface area contributed by atoms with Crippen LogP contribution in [0.3, 0.4) is 0 Å². The Kier molecular flexibility index (Phi) is 5.02. The molecule has 0 saturated carbocycles. The molecule has 3 heterocycles. The second-order valence-electron chi connectivity index (χ2n) is 6.67. The van der Waals surface area contributed by atoms with E-state index in [1.807, 2.05) is 24.2 Å². The van der Waals surface area contributed by atoms with Gasteiger partial charge in [0.25, 0.3) is 0 Å². The summed E-state index contributed by atoms with van der Waals surface area (Å²) in [6.45, 7) is 8.77. The van der Waals surface area contributed by atoms with Gasteiger partial charge in [-0.25, -0.2) is 4.98 Å². The third-order valence-electron chi connectivity index (χ3n) is 5.16. The number of carbonyl (C=O) groups excluding carboxylic acids is 1. The number of aryl methyl sites for hydroxylation is 3. The van der Waals surface area contributed by atoms with Gasteiger partial charge < -0.3 is 9.47 Å². The Morgan fingerprint density at radius 2 is 2.25 bits per heavy atom. The number of hydrogen-bond acceptors (Lipinski definition) is 3. The van der Waals surface area contributed by atoms with Crippen molar-refractivity contribution in [2.24, 2.45) is 0 Å². The first kappa shape index (κ1) is 16.7. The van der Waals surface area contributed by atoms with Crippen LogP contribution >= 0.6 is 0 Å². The first-order valence-electron chi connectivity index (χ1n) is 8.89. The summed E-state index contributed by atoms with van der Waals surface area (Å²) in [6.07, 6.45) is 7.28. The van der Waals surface area contributed by atoms with Crippen LogP contribution in [-0.2, 0) is 17.8 Å². The molecule has 0 radical (unpaired) electrons. The predicted octanol–water partition coefficient (Wildman–Crippen LogP) is 2.58. The second-order valence-corrected chi connectivity index (χ2v) is 6.67. The van der Waals surface area contributed by atoms with Crippen molar-refractivity contribution in [1.82, 2.24) is 24.6 Å². The summed E-state index contributed by atoms with van der Waals surface area (Å²) in [5.74, 6) is 1.70. The summed E-state index contributed by atoms with van der Waals surface area (Å²) in [7, 11) is 0. The minimum absolute atomic E-state index is 0.231. The van der Waals surface area contributed by atoms with Crippen molar-refractivity contribution in [2.45, 2.75) is 58.9 Å². The summed E-state index contributed by atoms with van der Waals surface area (Å²) in [4.78, 5) is 19.2. The van der Waals surface area contributed by atoms with Crippen LogP contribution in [0.1, 0.15) is 54.9 Å². The number of nitrogens with one attached hydrogen (secondary N) is 1. The van der Waals surface area contributed by atoms with E-state index in [0.717, 1.165) is 49.7 Å². The highest BCUT2D eigenvalue weighted by Gasteiger charge is 2.27. The number of likely N-dealkylation sites (tertiary alicyclic amines) is 1. The Hall–Kier alpha value is -2.11. The number of aromatic amines is 1. The van der Waals surface area contributed by atoms with Crippen molar-refractivity contribution in [1.29, 1.82) is 0 Å². The van der Waals surface area contributed by atoms with E-state index in [4.69, 9.17) is 0 Å². The molecular weight excluding hydrogens is 302 g/mol.